The van der Waals surface area contributed by atoms with Crippen LogP contribution in [-0.4, -0.2) is 25.3 Å². The van der Waals surface area contributed by atoms with Gasteiger partial charge in [-0.15, -0.1) is 0 Å². The third-order valence-electron chi connectivity index (χ3n) is 4.02. The van der Waals surface area contributed by atoms with Gasteiger partial charge >= 0.3 is 0 Å². The van der Waals surface area contributed by atoms with Crippen molar-refractivity contribution >= 4 is 37.6 Å². The molecular weight excluding hydrogens is 376 g/mol. The fourth-order valence-corrected chi connectivity index (χ4v) is 5.19. The van der Waals surface area contributed by atoms with E-state index in [9.17, 15) is 13.7 Å². The highest BCUT2D eigenvalue weighted by Crippen LogP contribution is 2.37. The molecule has 1 aliphatic carbocycles. The van der Waals surface area contributed by atoms with Gasteiger partial charge < -0.3 is 0 Å². The SMILES string of the molecule is CN(C1(C#N)CCCCC1)S(=O)(=O)c1ccc(Br)cc1Cl. The highest BCUT2D eigenvalue weighted by atomic mass is 79.9. The Labute approximate surface area is 138 Å². The van der Waals surface area contributed by atoms with Gasteiger partial charge in [-0.2, -0.15) is 9.57 Å². The van der Waals surface area contributed by atoms with Crippen molar-refractivity contribution < 1.29 is 8.42 Å². The van der Waals surface area contributed by atoms with Crippen LogP contribution in [0.1, 0.15) is 32.1 Å². The summed E-state index contributed by atoms with van der Waals surface area (Å²) in [4.78, 5) is 0.0371. The second kappa shape index (κ2) is 6.25. The summed E-state index contributed by atoms with van der Waals surface area (Å²) < 4.78 is 27.5. The fraction of sp³-hybridized carbons (Fsp3) is 0.500. The second-order valence-electron chi connectivity index (χ2n) is 5.25. The molecule has 114 valence electrons. The van der Waals surface area contributed by atoms with Crippen LogP contribution in [0.15, 0.2) is 27.6 Å². The zero-order valence-electron chi connectivity index (χ0n) is 11.6. The highest BCUT2D eigenvalue weighted by molar-refractivity contribution is 9.10. The number of hydrogen-bond acceptors (Lipinski definition) is 3. The van der Waals surface area contributed by atoms with E-state index in [2.05, 4.69) is 22.0 Å². The summed E-state index contributed by atoms with van der Waals surface area (Å²) in [6, 6.07) is 6.86. The number of rotatable bonds is 3. The average molecular weight is 392 g/mol. The Bertz CT molecular complexity index is 679. The summed E-state index contributed by atoms with van der Waals surface area (Å²) in [6.07, 6.45) is 3.89. The van der Waals surface area contributed by atoms with Crippen LogP contribution in [0.5, 0.6) is 0 Å². The largest absolute Gasteiger partial charge is 0.245 e. The standard InChI is InChI=1S/C14H16BrClN2O2S/c1-18(14(10-17)7-3-2-4-8-14)21(19,20)13-6-5-11(15)9-12(13)16/h5-6,9H,2-4,7-8H2,1H3. The molecule has 1 aliphatic rings. The lowest BCUT2D eigenvalue weighted by molar-refractivity contribution is 0.212. The van der Waals surface area contributed by atoms with Crippen molar-refractivity contribution in [3.05, 3.63) is 27.7 Å². The normalized spacial score (nSPS) is 18.4. The van der Waals surface area contributed by atoms with E-state index in [0.717, 1.165) is 19.3 Å². The number of sulfonamides is 1. The minimum Gasteiger partial charge on any atom is -0.207 e. The van der Waals surface area contributed by atoms with Crippen LogP contribution in [-0.2, 0) is 10.0 Å². The van der Waals surface area contributed by atoms with Crippen LogP contribution < -0.4 is 0 Å². The Kier molecular flexibility index (Phi) is 4.99. The molecule has 4 nitrogen and oxygen atoms in total. The topological polar surface area (TPSA) is 61.2 Å². The average Bonchev–Trinajstić information content (AvgIpc) is 2.46. The quantitative estimate of drug-likeness (QED) is 0.784. The van der Waals surface area contributed by atoms with Crippen molar-refractivity contribution in [2.24, 2.45) is 0 Å². The number of nitrogens with zero attached hydrogens (tertiary/aromatic N) is 2. The molecule has 0 spiro atoms. The van der Waals surface area contributed by atoms with Crippen LogP contribution in [0.25, 0.3) is 0 Å². The maximum atomic E-state index is 12.8. The lowest BCUT2D eigenvalue weighted by Crippen LogP contribution is -2.49. The summed E-state index contributed by atoms with van der Waals surface area (Å²) in [5, 5.41) is 9.69. The first-order valence-corrected chi connectivity index (χ1v) is 9.30. The van der Waals surface area contributed by atoms with E-state index >= 15 is 0 Å². The monoisotopic (exact) mass is 390 g/mol. The molecule has 0 saturated heterocycles. The molecule has 0 unspecified atom stereocenters. The summed E-state index contributed by atoms with van der Waals surface area (Å²) in [5.74, 6) is 0. The molecular formula is C14H16BrClN2O2S. The van der Waals surface area contributed by atoms with Crippen molar-refractivity contribution in [1.29, 1.82) is 5.26 Å². The van der Waals surface area contributed by atoms with E-state index in [1.807, 2.05) is 0 Å². The predicted molar refractivity (Wildman–Crippen MR) is 85.5 cm³/mol. The number of nitriles is 1. The first-order chi connectivity index (χ1) is 9.83. The zero-order valence-corrected chi connectivity index (χ0v) is 14.8. The van der Waals surface area contributed by atoms with Crippen LogP contribution >= 0.6 is 27.5 Å². The van der Waals surface area contributed by atoms with Crippen molar-refractivity contribution in [2.45, 2.75) is 42.5 Å². The van der Waals surface area contributed by atoms with Gasteiger partial charge in [0.05, 0.1) is 11.1 Å². The van der Waals surface area contributed by atoms with Gasteiger partial charge in [0.1, 0.15) is 10.4 Å². The molecule has 0 heterocycles. The Morgan fingerprint density at radius 2 is 1.95 bits per heavy atom. The van der Waals surface area contributed by atoms with Crippen molar-refractivity contribution in [3.8, 4) is 6.07 Å². The van der Waals surface area contributed by atoms with Crippen LogP contribution in [0, 0.1) is 11.3 Å². The molecule has 1 aromatic carbocycles. The Morgan fingerprint density at radius 1 is 1.33 bits per heavy atom. The third-order valence-corrected chi connectivity index (χ3v) is 6.92. The molecule has 0 atom stereocenters. The predicted octanol–water partition coefficient (Wildman–Crippen LogP) is 3.95. The van der Waals surface area contributed by atoms with Crippen molar-refractivity contribution in [2.75, 3.05) is 7.05 Å². The first-order valence-electron chi connectivity index (χ1n) is 6.69. The summed E-state index contributed by atoms with van der Waals surface area (Å²) >= 11 is 9.32. The Balaban J connectivity index is 2.45. The minimum atomic E-state index is -3.80. The number of halogens is 2. The van der Waals surface area contributed by atoms with E-state index < -0.39 is 15.6 Å². The molecule has 1 aromatic rings. The minimum absolute atomic E-state index is 0.0371. The zero-order chi connectivity index (χ0) is 15.7. The van der Waals surface area contributed by atoms with Gasteiger partial charge in [0.2, 0.25) is 10.0 Å². The molecule has 1 saturated carbocycles. The number of benzene rings is 1. The second-order valence-corrected chi connectivity index (χ2v) is 8.51. The molecule has 0 bridgehead atoms. The maximum Gasteiger partial charge on any atom is 0.245 e. The third kappa shape index (κ3) is 3.11. The molecule has 0 aliphatic heterocycles. The van der Waals surface area contributed by atoms with Gasteiger partial charge in [0.15, 0.2) is 0 Å². The molecule has 0 amide bonds. The molecule has 0 radical (unpaired) electrons. The summed E-state index contributed by atoms with van der Waals surface area (Å²) in [7, 11) is -2.32. The van der Waals surface area contributed by atoms with Gasteiger partial charge in [-0.1, -0.05) is 46.8 Å². The van der Waals surface area contributed by atoms with Crippen molar-refractivity contribution in [3.63, 3.8) is 0 Å². The molecule has 0 aromatic heterocycles. The van der Waals surface area contributed by atoms with E-state index in [-0.39, 0.29) is 9.92 Å². The van der Waals surface area contributed by atoms with Crippen LogP contribution in [0.2, 0.25) is 5.02 Å². The maximum absolute atomic E-state index is 12.8. The molecule has 7 heteroatoms. The summed E-state index contributed by atoms with van der Waals surface area (Å²) in [6.45, 7) is 0. The highest BCUT2D eigenvalue weighted by Gasteiger charge is 2.43. The van der Waals surface area contributed by atoms with Gasteiger partial charge in [-0.3, -0.25) is 0 Å². The van der Waals surface area contributed by atoms with Gasteiger partial charge in [-0.25, -0.2) is 8.42 Å². The van der Waals surface area contributed by atoms with Crippen LogP contribution in [0.4, 0.5) is 0 Å². The van der Waals surface area contributed by atoms with E-state index in [0.29, 0.717) is 17.3 Å². The van der Waals surface area contributed by atoms with Gasteiger partial charge in [0.25, 0.3) is 0 Å². The summed E-state index contributed by atoms with van der Waals surface area (Å²) in [5.41, 5.74) is -0.965. The Morgan fingerprint density at radius 3 is 2.48 bits per heavy atom. The van der Waals surface area contributed by atoms with Crippen LogP contribution in [0.3, 0.4) is 0 Å². The smallest absolute Gasteiger partial charge is 0.207 e. The molecule has 0 N–H and O–H groups in total. The Hall–Kier alpha value is -0.610. The number of hydrogen-bond donors (Lipinski definition) is 0. The van der Waals surface area contributed by atoms with Gasteiger partial charge in [0, 0.05) is 11.5 Å². The van der Waals surface area contributed by atoms with Crippen molar-refractivity contribution in [1.82, 2.24) is 4.31 Å². The van der Waals surface area contributed by atoms with Gasteiger partial charge in [-0.05, 0) is 31.0 Å². The van der Waals surface area contributed by atoms with E-state index in [1.165, 1.54) is 17.4 Å². The lowest BCUT2D eigenvalue weighted by atomic mass is 9.83. The molecule has 21 heavy (non-hydrogen) atoms. The van der Waals surface area contributed by atoms with E-state index in [4.69, 9.17) is 11.6 Å². The fourth-order valence-electron chi connectivity index (χ4n) is 2.70. The first kappa shape index (κ1) is 16.8. The molecule has 2 rings (SSSR count). The molecule has 1 fully saturated rings. The lowest BCUT2D eigenvalue weighted by Gasteiger charge is -2.38. The van der Waals surface area contributed by atoms with E-state index in [1.54, 1.807) is 12.1 Å².